The summed E-state index contributed by atoms with van der Waals surface area (Å²) in [6.07, 6.45) is 9.15. The Hall–Kier alpha value is -2.86. The number of aromatic amines is 1. The fourth-order valence-corrected chi connectivity index (χ4v) is 3.47. The van der Waals surface area contributed by atoms with Crippen molar-refractivity contribution >= 4 is 0 Å². The highest BCUT2D eigenvalue weighted by molar-refractivity contribution is 5.53. The van der Waals surface area contributed by atoms with Gasteiger partial charge in [-0.25, -0.2) is 4.98 Å². The van der Waals surface area contributed by atoms with Gasteiger partial charge in [-0.15, -0.1) is 0 Å². The summed E-state index contributed by atoms with van der Waals surface area (Å²) < 4.78 is 0. The fraction of sp³-hybridized carbons (Fsp3) is 0.300. The molecule has 1 aliphatic heterocycles. The van der Waals surface area contributed by atoms with Crippen LogP contribution in [-0.2, 0) is 6.54 Å². The molecule has 1 N–H and O–H groups in total. The van der Waals surface area contributed by atoms with Crippen molar-refractivity contribution in [3.63, 3.8) is 0 Å². The molecule has 1 saturated heterocycles. The lowest BCUT2D eigenvalue weighted by atomic mass is 9.93. The first-order valence-electron chi connectivity index (χ1n) is 8.91. The summed E-state index contributed by atoms with van der Waals surface area (Å²) in [6.45, 7) is 2.92. The van der Waals surface area contributed by atoms with Crippen LogP contribution < -0.4 is 5.56 Å². The Bertz CT molecular complexity index is 902. The van der Waals surface area contributed by atoms with Gasteiger partial charge in [-0.2, -0.15) is 0 Å². The Kier molecular flexibility index (Phi) is 4.84. The Morgan fingerprint density at radius 3 is 2.62 bits per heavy atom. The van der Waals surface area contributed by atoms with Crippen molar-refractivity contribution < 1.29 is 0 Å². The van der Waals surface area contributed by atoms with Crippen LogP contribution in [0.4, 0.5) is 0 Å². The molecule has 0 spiro atoms. The van der Waals surface area contributed by atoms with Crippen LogP contribution in [0.1, 0.15) is 30.0 Å². The summed E-state index contributed by atoms with van der Waals surface area (Å²) in [5, 5.41) is 0. The number of rotatable bonds is 4. The van der Waals surface area contributed by atoms with Gasteiger partial charge in [-0.05, 0) is 49.7 Å². The van der Waals surface area contributed by atoms with Gasteiger partial charge >= 0.3 is 0 Å². The van der Waals surface area contributed by atoms with E-state index in [9.17, 15) is 4.79 Å². The minimum Gasteiger partial charge on any atom is -0.307 e. The molecule has 1 fully saturated rings. The Labute approximate surface area is 152 Å². The van der Waals surface area contributed by atoms with Crippen LogP contribution in [0.2, 0.25) is 0 Å². The maximum Gasteiger partial charge on any atom is 0.251 e. The standard InChI is InChI=1S/C20H21N5O/c26-19-12-18(23-20(24-19)17-3-8-21-9-4-17)16-5-10-25(11-6-16)14-15-2-1-7-22-13-15/h1-4,7-9,12-13,16H,5-6,10-11,14H2,(H,23,24,26). The zero-order valence-electron chi connectivity index (χ0n) is 14.5. The Morgan fingerprint density at radius 1 is 1.08 bits per heavy atom. The van der Waals surface area contributed by atoms with Crippen LogP contribution in [0.3, 0.4) is 0 Å². The molecule has 0 radical (unpaired) electrons. The molecule has 0 saturated carbocycles. The van der Waals surface area contributed by atoms with Crippen molar-refractivity contribution in [2.24, 2.45) is 0 Å². The highest BCUT2D eigenvalue weighted by Crippen LogP contribution is 2.27. The lowest BCUT2D eigenvalue weighted by molar-refractivity contribution is 0.203. The molecule has 3 aromatic heterocycles. The first-order valence-corrected chi connectivity index (χ1v) is 8.91. The van der Waals surface area contributed by atoms with Crippen LogP contribution in [0, 0.1) is 0 Å². The second kappa shape index (κ2) is 7.58. The summed E-state index contributed by atoms with van der Waals surface area (Å²) in [5.74, 6) is 0.940. The normalized spacial score (nSPS) is 15.8. The van der Waals surface area contributed by atoms with E-state index in [1.165, 1.54) is 5.56 Å². The lowest BCUT2D eigenvalue weighted by Crippen LogP contribution is -2.33. The molecule has 132 valence electrons. The van der Waals surface area contributed by atoms with Gasteiger partial charge in [0.1, 0.15) is 5.82 Å². The number of nitrogens with zero attached hydrogens (tertiary/aromatic N) is 4. The highest BCUT2D eigenvalue weighted by atomic mass is 16.1. The third-order valence-electron chi connectivity index (χ3n) is 4.85. The van der Waals surface area contributed by atoms with E-state index in [0.717, 1.165) is 43.7 Å². The van der Waals surface area contributed by atoms with Gasteiger partial charge in [0, 0.05) is 48.9 Å². The van der Waals surface area contributed by atoms with E-state index < -0.39 is 0 Å². The minimum atomic E-state index is -0.0976. The molecule has 6 heteroatoms. The van der Waals surface area contributed by atoms with Gasteiger partial charge in [-0.1, -0.05) is 6.07 Å². The first-order chi connectivity index (χ1) is 12.8. The van der Waals surface area contributed by atoms with Crippen LogP contribution in [0.5, 0.6) is 0 Å². The average molecular weight is 347 g/mol. The van der Waals surface area contributed by atoms with Crippen LogP contribution in [0.15, 0.2) is 59.9 Å². The van der Waals surface area contributed by atoms with Gasteiger partial charge in [0.2, 0.25) is 0 Å². The monoisotopic (exact) mass is 347 g/mol. The van der Waals surface area contributed by atoms with Crippen molar-refractivity contribution in [2.45, 2.75) is 25.3 Å². The number of piperidine rings is 1. The largest absolute Gasteiger partial charge is 0.307 e. The maximum absolute atomic E-state index is 12.1. The van der Waals surface area contributed by atoms with Crippen molar-refractivity contribution in [1.82, 2.24) is 24.8 Å². The lowest BCUT2D eigenvalue weighted by Gasteiger charge is -2.31. The fourth-order valence-electron chi connectivity index (χ4n) is 3.47. The van der Waals surface area contributed by atoms with E-state index in [1.54, 1.807) is 24.7 Å². The summed E-state index contributed by atoms with van der Waals surface area (Å²) in [6, 6.07) is 9.45. The van der Waals surface area contributed by atoms with E-state index >= 15 is 0 Å². The third-order valence-corrected chi connectivity index (χ3v) is 4.85. The molecule has 1 aliphatic rings. The van der Waals surface area contributed by atoms with Gasteiger partial charge in [0.15, 0.2) is 0 Å². The second-order valence-electron chi connectivity index (χ2n) is 6.67. The predicted molar refractivity (Wildman–Crippen MR) is 99.6 cm³/mol. The Balaban J connectivity index is 1.46. The zero-order chi connectivity index (χ0) is 17.8. The molecule has 6 nitrogen and oxygen atoms in total. The van der Waals surface area contributed by atoms with Crippen molar-refractivity contribution in [2.75, 3.05) is 13.1 Å². The quantitative estimate of drug-likeness (QED) is 0.785. The highest BCUT2D eigenvalue weighted by Gasteiger charge is 2.22. The molecule has 4 rings (SSSR count). The molecule has 0 bridgehead atoms. The summed E-state index contributed by atoms with van der Waals surface area (Å²) in [7, 11) is 0. The summed E-state index contributed by atoms with van der Waals surface area (Å²) in [5.41, 5.74) is 2.91. The molecular formula is C20H21N5O. The molecular weight excluding hydrogens is 326 g/mol. The zero-order valence-corrected chi connectivity index (χ0v) is 14.5. The predicted octanol–water partition coefficient (Wildman–Crippen LogP) is 2.61. The topological polar surface area (TPSA) is 74.8 Å². The van der Waals surface area contributed by atoms with E-state index in [2.05, 4.69) is 25.9 Å². The first kappa shape index (κ1) is 16.6. The van der Waals surface area contributed by atoms with Gasteiger partial charge in [0.05, 0.1) is 5.69 Å². The Morgan fingerprint density at radius 2 is 1.88 bits per heavy atom. The number of hydrogen-bond acceptors (Lipinski definition) is 5. The third kappa shape index (κ3) is 3.86. The summed E-state index contributed by atoms with van der Waals surface area (Å²) >= 11 is 0. The molecule has 3 aromatic rings. The maximum atomic E-state index is 12.1. The number of H-pyrrole nitrogens is 1. The van der Waals surface area contributed by atoms with Gasteiger partial charge < -0.3 is 4.98 Å². The molecule has 4 heterocycles. The van der Waals surface area contributed by atoms with Gasteiger partial charge in [-0.3, -0.25) is 19.7 Å². The van der Waals surface area contributed by atoms with Crippen LogP contribution in [0.25, 0.3) is 11.4 Å². The minimum absolute atomic E-state index is 0.0976. The average Bonchev–Trinajstić information content (AvgIpc) is 2.70. The molecule has 0 amide bonds. The van der Waals surface area contributed by atoms with Gasteiger partial charge in [0.25, 0.3) is 5.56 Å². The number of aromatic nitrogens is 4. The van der Waals surface area contributed by atoms with E-state index in [-0.39, 0.29) is 5.56 Å². The van der Waals surface area contributed by atoms with E-state index in [4.69, 9.17) is 4.98 Å². The van der Waals surface area contributed by atoms with Crippen molar-refractivity contribution in [3.8, 4) is 11.4 Å². The molecule has 26 heavy (non-hydrogen) atoms. The SMILES string of the molecule is O=c1cc(C2CCN(Cc3cccnc3)CC2)nc(-c2ccncc2)[nH]1. The molecule has 0 unspecified atom stereocenters. The number of pyridine rings is 2. The summed E-state index contributed by atoms with van der Waals surface area (Å²) in [4.78, 5) is 30.3. The smallest absolute Gasteiger partial charge is 0.251 e. The second-order valence-corrected chi connectivity index (χ2v) is 6.67. The van der Waals surface area contributed by atoms with E-state index in [1.807, 2.05) is 24.4 Å². The molecule has 0 aromatic carbocycles. The number of nitrogens with one attached hydrogen (secondary N) is 1. The molecule has 0 aliphatic carbocycles. The molecule has 0 atom stereocenters. The van der Waals surface area contributed by atoms with Crippen LogP contribution in [-0.4, -0.2) is 37.9 Å². The van der Waals surface area contributed by atoms with Crippen molar-refractivity contribution in [1.29, 1.82) is 0 Å². The number of likely N-dealkylation sites (tertiary alicyclic amines) is 1. The van der Waals surface area contributed by atoms with Crippen molar-refractivity contribution in [3.05, 3.63) is 76.7 Å². The number of hydrogen-bond donors (Lipinski definition) is 1. The van der Waals surface area contributed by atoms with E-state index in [0.29, 0.717) is 11.7 Å². The van der Waals surface area contributed by atoms with Crippen LogP contribution >= 0.6 is 0 Å².